The zero-order valence-electron chi connectivity index (χ0n) is 10.7. The molecule has 0 saturated carbocycles. The van der Waals surface area contributed by atoms with Crippen molar-refractivity contribution < 1.29 is 9.53 Å². The number of hydrogen-bond acceptors (Lipinski definition) is 4. The fourth-order valence-electron chi connectivity index (χ4n) is 2.13. The van der Waals surface area contributed by atoms with Gasteiger partial charge >= 0.3 is 0 Å². The van der Waals surface area contributed by atoms with E-state index in [0.717, 1.165) is 13.1 Å². The molecule has 0 bridgehead atoms. The minimum Gasteiger partial charge on any atom is -0.496 e. The maximum absolute atomic E-state index is 12.4. The molecule has 1 aromatic carbocycles. The van der Waals surface area contributed by atoms with E-state index >= 15 is 0 Å². The minimum absolute atomic E-state index is 0. The van der Waals surface area contributed by atoms with E-state index < -0.39 is 0 Å². The molecule has 0 spiro atoms. The smallest absolute Gasteiger partial charge is 0.184 e. The quantitative estimate of drug-likeness (QED) is 0.839. The summed E-state index contributed by atoms with van der Waals surface area (Å²) in [5.41, 5.74) is 0.663. The van der Waals surface area contributed by atoms with Crippen molar-refractivity contribution in [2.75, 3.05) is 33.8 Å². The summed E-state index contributed by atoms with van der Waals surface area (Å²) in [5, 5.41) is 3.25. The highest BCUT2D eigenvalue weighted by molar-refractivity contribution is 6.02. The Labute approximate surface area is 114 Å². The Hall–Kier alpha value is -1.10. The van der Waals surface area contributed by atoms with Gasteiger partial charge in [0.05, 0.1) is 18.7 Å². The third-order valence-corrected chi connectivity index (χ3v) is 3.19. The standard InChI is InChI=1S/C13H18N2O2.ClH/c1-15-8-7-14-9-11(15)13(16)10-5-3-4-6-12(10)17-2;/h3-6,11,14H,7-9H2,1-2H3;1H. The fourth-order valence-corrected chi connectivity index (χ4v) is 2.13. The number of benzene rings is 1. The van der Waals surface area contributed by atoms with E-state index in [9.17, 15) is 4.79 Å². The summed E-state index contributed by atoms with van der Waals surface area (Å²) in [6.07, 6.45) is 0. The number of piperazine rings is 1. The van der Waals surface area contributed by atoms with Gasteiger partial charge in [0, 0.05) is 19.6 Å². The van der Waals surface area contributed by atoms with Gasteiger partial charge in [0.1, 0.15) is 5.75 Å². The Morgan fingerprint density at radius 3 is 2.83 bits per heavy atom. The molecular formula is C13H19ClN2O2. The number of ether oxygens (including phenoxy) is 1. The van der Waals surface area contributed by atoms with Crippen molar-refractivity contribution in [3.8, 4) is 5.75 Å². The molecule has 1 aliphatic heterocycles. The summed E-state index contributed by atoms with van der Waals surface area (Å²) in [5.74, 6) is 0.772. The first-order chi connectivity index (χ1) is 8.24. The molecule has 1 unspecified atom stereocenters. The number of halogens is 1. The lowest BCUT2D eigenvalue weighted by atomic mass is 10.0. The van der Waals surface area contributed by atoms with Gasteiger partial charge in [-0.25, -0.2) is 0 Å². The molecule has 1 N–H and O–H groups in total. The summed E-state index contributed by atoms with van der Waals surface area (Å²) in [6, 6.07) is 7.29. The number of ketones is 1. The van der Waals surface area contributed by atoms with Crippen molar-refractivity contribution in [2.24, 2.45) is 0 Å². The summed E-state index contributed by atoms with van der Waals surface area (Å²) in [7, 11) is 3.58. The van der Waals surface area contributed by atoms with Gasteiger partial charge in [-0.1, -0.05) is 12.1 Å². The zero-order chi connectivity index (χ0) is 12.3. The molecule has 5 heteroatoms. The van der Waals surface area contributed by atoms with Crippen LogP contribution in [0, 0.1) is 0 Å². The van der Waals surface area contributed by atoms with E-state index in [1.165, 1.54) is 0 Å². The van der Waals surface area contributed by atoms with Crippen LogP contribution in [-0.4, -0.2) is 50.5 Å². The summed E-state index contributed by atoms with van der Waals surface area (Å²) in [4.78, 5) is 14.5. The van der Waals surface area contributed by atoms with E-state index in [2.05, 4.69) is 10.2 Å². The van der Waals surface area contributed by atoms with Gasteiger partial charge in [0.25, 0.3) is 0 Å². The second-order valence-corrected chi connectivity index (χ2v) is 4.27. The molecule has 0 aromatic heterocycles. The zero-order valence-corrected chi connectivity index (χ0v) is 11.5. The lowest BCUT2D eigenvalue weighted by molar-refractivity contribution is 0.0816. The fraction of sp³-hybridized carbons (Fsp3) is 0.462. The topological polar surface area (TPSA) is 41.6 Å². The number of hydrogen-bond donors (Lipinski definition) is 1. The first-order valence-corrected chi connectivity index (χ1v) is 5.82. The van der Waals surface area contributed by atoms with Gasteiger partial charge in [-0.3, -0.25) is 9.69 Å². The number of nitrogens with zero attached hydrogens (tertiary/aromatic N) is 1. The van der Waals surface area contributed by atoms with E-state index in [-0.39, 0.29) is 24.2 Å². The SMILES string of the molecule is COc1ccccc1C(=O)C1CNCCN1C.Cl. The molecule has 0 radical (unpaired) electrons. The largest absolute Gasteiger partial charge is 0.496 e. The molecule has 1 fully saturated rings. The Morgan fingerprint density at radius 1 is 1.44 bits per heavy atom. The van der Waals surface area contributed by atoms with E-state index in [4.69, 9.17) is 4.74 Å². The van der Waals surface area contributed by atoms with Crippen molar-refractivity contribution >= 4 is 18.2 Å². The number of likely N-dealkylation sites (N-methyl/N-ethyl adjacent to an activating group) is 1. The monoisotopic (exact) mass is 270 g/mol. The molecule has 4 nitrogen and oxygen atoms in total. The molecule has 0 aliphatic carbocycles. The predicted molar refractivity (Wildman–Crippen MR) is 73.9 cm³/mol. The van der Waals surface area contributed by atoms with Crippen molar-refractivity contribution in [1.82, 2.24) is 10.2 Å². The van der Waals surface area contributed by atoms with Crippen LogP contribution in [0.3, 0.4) is 0 Å². The van der Waals surface area contributed by atoms with Gasteiger partial charge in [0.15, 0.2) is 5.78 Å². The first-order valence-electron chi connectivity index (χ1n) is 5.82. The highest BCUT2D eigenvalue weighted by Crippen LogP contribution is 2.20. The van der Waals surface area contributed by atoms with E-state index in [0.29, 0.717) is 17.9 Å². The van der Waals surface area contributed by atoms with Gasteiger partial charge in [-0.15, -0.1) is 12.4 Å². The molecule has 1 saturated heterocycles. The lowest BCUT2D eigenvalue weighted by Gasteiger charge is -2.32. The molecular weight excluding hydrogens is 252 g/mol. The van der Waals surface area contributed by atoms with E-state index in [1.807, 2.05) is 31.3 Å². The van der Waals surface area contributed by atoms with Crippen molar-refractivity contribution in [3.05, 3.63) is 29.8 Å². The Bertz CT molecular complexity index is 412. The lowest BCUT2D eigenvalue weighted by Crippen LogP contribution is -2.53. The summed E-state index contributed by atoms with van der Waals surface area (Å²) < 4.78 is 5.23. The van der Waals surface area contributed by atoms with Crippen LogP contribution in [0.2, 0.25) is 0 Å². The number of carbonyl (C=O) groups is 1. The number of nitrogens with one attached hydrogen (secondary N) is 1. The van der Waals surface area contributed by atoms with Gasteiger partial charge in [0.2, 0.25) is 0 Å². The number of carbonyl (C=O) groups excluding carboxylic acids is 1. The predicted octanol–water partition coefficient (Wildman–Crippen LogP) is 1.20. The molecule has 1 atom stereocenters. The average Bonchev–Trinajstić information content (AvgIpc) is 2.38. The van der Waals surface area contributed by atoms with Crippen LogP contribution in [-0.2, 0) is 0 Å². The van der Waals surface area contributed by atoms with Crippen LogP contribution in [0.25, 0.3) is 0 Å². The molecule has 18 heavy (non-hydrogen) atoms. The number of Topliss-reactive ketones (excluding diaryl/α,β-unsaturated/α-hetero) is 1. The number of para-hydroxylation sites is 1. The second-order valence-electron chi connectivity index (χ2n) is 4.27. The van der Waals surface area contributed by atoms with Crippen molar-refractivity contribution in [3.63, 3.8) is 0 Å². The van der Waals surface area contributed by atoms with Gasteiger partial charge < -0.3 is 10.1 Å². The Kier molecular flexibility index (Phi) is 5.59. The third-order valence-electron chi connectivity index (χ3n) is 3.19. The minimum atomic E-state index is -0.0972. The molecule has 0 amide bonds. The number of rotatable bonds is 3. The van der Waals surface area contributed by atoms with E-state index in [1.54, 1.807) is 7.11 Å². The summed E-state index contributed by atoms with van der Waals surface area (Å²) >= 11 is 0. The van der Waals surface area contributed by atoms with Crippen molar-refractivity contribution in [1.29, 1.82) is 0 Å². The van der Waals surface area contributed by atoms with Crippen LogP contribution in [0.15, 0.2) is 24.3 Å². The molecule has 1 aromatic rings. The highest BCUT2D eigenvalue weighted by atomic mass is 35.5. The molecule has 1 aliphatic rings. The first kappa shape index (κ1) is 15.0. The normalized spacial score (nSPS) is 20.0. The van der Waals surface area contributed by atoms with Crippen LogP contribution in [0.4, 0.5) is 0 Å². The van der Waals surface area contributed by atoms with Gasteiger partial charge in [-0.2, -0.15) is 0 Å². The maximum Gasteiger partial charge on any atom is 0.184 e. The Morgan fingerprint density at radius 2 is 2.17 bits per heavy atom. The maximum atomic E-state index is 12.4. The average molecular weight is 271 g/mol. The number of methoxy groups -OCH3 is 1. The molecule has 100 valence electrons. The Balaban J connectivity index is 0.00000162. The molecule has 1 heterocycles. The highest BCUT2D eigenvalue weighted by Gasteiger charge is 2.28. The summed E-state index contributed by atoms with van der Waals surface area (Å²) in [6.45, 7) is 2.53. The van der Waals surface area contributed by atoms with Crippen LogP contribution in [0.1, 0.15) is 10.4 Å². The van der Waals surface area contributed by atoms with Crippen molar-refractivity contribution in [2.45, 2.75) is 6.04 Å². The van der Waals surface area contributed by atoms with Crippen LogP contribution < -0.4 is 10.1 Å². The molecule has 2 rings (SSSR count). The third kappa shape index (κ3) is 3.02. The second kappa shape index (κ2) is 6.73. The van der Waals surface area contributed by atoms with Crippen LogP contribution >= 0.6 is 12.4 Å². The van der Waals surface area contributed by atoms with Gasteiger partial charge in [-0.05, 0) is 19.2 Å². The van der Waals surface area contributed by atoms with Crippen LogP contribution in [0.5, 0.6) is 5.75 Å².